The number of nitrogens with zero attached hydrogens (tertiary/aromatic N) is 8. The van der Waals surface area contributed by atoms with E-state index < -0.39 is 113 Å². The largest absolute Gasteiger partial charge is 0.340 e. The highest BCUT2D eigenvalue weighted by atomic mass is 35.5. The van der Waals surface area contributed by atoms with E-state index in [9.17, 15) is 35.2 Å². The third kappa shape index (κ3) is 10.0. The van der Waals surface area contributed by atoms with Gasteiger partial charge < -0.3 is 19.8 Å². The molecule has 2 aliphatic heterocycles. The molecule has 2 fully saturated rings. The SMILES string of the molecule is [2H]C1[C@]([2H])(C(=O)Nc2ccc(F)c(Cl)c2)N(C([2H])([2H])[2H])S(=O)(=O)N[C@]1([2H])c1ncc(-c2cn(C)cn2)s1.[2H]C1[C@]([2H])(c2ncc(-c3cn(C)cn3)s2)NS(=O)(=O)N(C([2H])([2H])[2H])[C@]1([2H])C(=O)Nc1ccc(F)c(Cl)c1. The van der Waals surface area contributed by atoms with Gasteiger partial charge in [0.05, 0.1) is 61.4 Å². The molecule has 328 valence electrons. The number of benzene rings is 2. The fourth-order valence-electron chi connectivity index (χ4n) is 5.26. The van der Waals surface area contributed by atoms with Crippen LogP contribution in [0.5, 0.6) is 0 Å². The second-order valence-electron chi connectivity index (χ2n) is 12.7. The van der Waals surface area contributed by atoms with Crippen molar-refractivity contribution in [2.75, 3.05) is 24.6 Å². The maximum atomic E-state index is 13.5. The van der Waals surface area contributed by atoms with Crippen molar-refractivity contribution < 1.29 is 51.7 Å². The maximum absolute atomic E-state index is 13.5. The van der Waals surface area contributed by atoms with Crippen LogP contribution in [-0.4, -0.2) is 92.3 Å². The second kappa shape index (κ2) is 18.1. The minimum atomic E-state index is -5.26. The molecule has 6 aromatic rings. The van der Waals surface area contributed by atoms with Crippen molar-refractivity contribution in [1.29, 1.82) is 0 Å². The first kappa shape index (κ1) is 32.0. The molecule has 4 N–H and O–H groups in total. The van der Waals surface area contributed by atoms with E-state index in [2.05, 4.69) is 30.6 Å². The first-order valence-corrected chi connectivity index (χ1v) is 22.2. The molecule has 0 saturated carbocycles. The molecule has 0 bridgehead atoms. The highest BCUT2D eigenvalue weighted by Gasteiger charge is 2.43. The van der Waals surface area contributed by atoms with Crippen LogP contribution in [-0.2, 0) is 44.1 Å². The molecule has 6 atom stereocenters. The zero-order valence-corrected chi connectivity index (χ0v) is 36.0. The van der Waals surface area contributed by atoms with Crippen molar-refractivity contribution in [2.45, 2.75) is 36.9 Å². The number of aryl methyl sites for hydroxylation is 2. The fourth-order valence-corrected chi connectivity index (χ4v) is 9.28. The van der Waals surface area contributed by atoms with E-state index in [1.807, 2.05) is 9.44 Å². The van der Waals surface area contributed by atoms with Crippen molar-refractivity contribution in [3.63, 3.8) is 0 Å². The second-order valence-corrected chi connectivity index (χ2v) is 18.6. The van der Waals surface area contributed by atoms with Gasteiger partial charge in [-0.15, -0.1) is 22.7 Å². The van der Waals surface area contributed by atoms with Crippen LogP contribution in [0, 0.1) is 11.6 Å². The molecule has 2 amide bonds. The fraction of sp³-hybridized carbons (Fsp3) is 0.278. The summed E-state index contributed by atoms with van der Waals surface area (Å²) in [6.07, 6.45) is 4.04. The summed E-state index contributed by atoms with van der Waals surface area (Å²) >= 11 is 13.0. The summed E-state index contributed by atoms with van der Waals surface area (Å²) in [6.45, 7) is -7.21. The van der Waals surface area contributed by atoms with Crippen LogP contribution in [0.2, 0.25) is 10.0 Å². The molecule has 4 aromatic heterocycles. The lowest BCUT2D eigenvalue weighted by Gasteiger charge is -2.35. The number of carbonyl (C=O) groups is 2. The van der Waals surface area contributed by atoms with E-state index in [1.165, 1.54) is 25.0 Å². The number of hydrogen-bond acceptors (Lipinski definition) is 12. The van der Waals surface area contributed by atoms with E-state index in [4.69, 9.17) is 39.7 Å². The summed E-state index contributed by atoms with van der Waals surface area (Å²) in [4.78, 5) is 43.8. The van der Waals surface area contributed by atoms with Gasteiger partial charge in [-0.3, -0.25) is 9.59 Å². The van der Waals surface area contributed by atoms with Crippen molar-refractivity contribution in [1.82, 2.24) is 47.1 Å². The van der Waals surface area contributed by atoms with Gasteiger partial charge in [0.25, 0.3) is 20.4 Å². The van der Waals surface area contributed by atoms with E-state index in [0.29, 0.717) is 21.1 Å². The zero-order chi connectivity index (χ0) is 55.1. The Balaban J connectivity index is 0.000000216. The Kier molecular flexibility index (Phi) is 9.36. The average molecular weight is 982 g/mol. The van der Waals surface area contributed by atoms with Gasteiger partial charge in [-0.05, 0) is 49.2 Å². The Morgan fingerprint density at radius 1 is 0.758 bits per heavy atom. The number of amides is 2. The molecule has 0 aliphatic carbocycles. The van der Waals surface area contributed by atoms with Gasteiger partial charge >= 0.3 is 0 Å². The molecule has 18 nitrogen and oxygen atoms in total. The lowest BCUT2D eigenvalue weighted by molar-refractivity contribution is -0.120. The normalized spacial score (nSPS) is 31.5. The highest BCUT2D eigenvalue weighted by molar-refractivity contribution is 7.87. The Bertz CT molecular complexity index is 3190. The Morgan fingerprint density at radius 3 is 1.50 bits per heavy atom. The third-order valence-electron chi connectivity index (χ3n) is 8.17. The topological polar surface area (TPSA) is 218 Å². The number of hydrogen-bond donors (Lipinski definition) is 4. The molecule has 2 saturated heterocycles. The lowest BCUT2D eigenvalue weighted by atomic mass is 10.1. The summed E-state index contributed by atoms with van der Waals surface area (Å²) in [7, 11) is -7.09. The minimum Gasteiger partial charge on any atom is -0.340 e. The van der Waals surface area contributed by atoms with Crippen LogP contribution in [0.15, 0.2) is 73.8 Å². The Labute approximate surface area is 389 Å². The molecular weight excluding hydrogens is 934 g/mol. The molecule has 8 rings (SSSR count). The Hall–Kier alpha value is -4.76. The standard InChI is InChI=1S/2C18H18ClFN6O3S2/c2*1-25-8-14(22-9-25)16-7-21-18(30-16)13-6-15(26(2)31(28,29)24-13)17(27)23-10-3-4-12(20)11(19)5-10/h2*3-5,7-9,13,15,24H,6H2,1-2H3,(H,23,27)/t2*13-,15+/m10/s1/i2*2D3,6D,13D,15D/t2*6?,13-,15+. The molecular formula is C36H36Cl2F2N12O6S4. The van der Waals surface area contributed by atoms with Crippen LogP contribution in [0.4, 0.5) is 20.2 Å². The average Bonchev–Trinajstić information content (AvgIpc) is 4.12. The number of anilines is 2. The van der Waals surface area contributed by atoms with Gasteiger partial charge in [-0.25, -0.2) is 28.7 Å². The van der Waals surface area contributed by atoms with Crippen LogP contribution in [0.1, 0.15) is 51.3 Å². The molecule has 2 aliphatic rings. The number of likely N-dealkylation sites (N-methyl/N-ethyl adjacent to an activating group) is 2. The third-order valence-corrected chi connectivity index (χ3v) is 13.2. The van der Waals surface area contributed by atoms with Gasteiger partial charge in [-0.2, -0.15) is 34.9 Å². The van der Waals surface area contributed by atoms with Crippen molar-refractivity contribution in [2.24, 2.45) is 14.1 Å². The van der Waals surface area contributed by atoms with Gasteiger partial charge in [0, 0.05) is 75.2 Å². The monoisotopic (exact) mass is 980 g/mol. The van der Waals surface area contributed by atoms with Crippen LogP contribution in [0.3, 0.4) is 0 Å². The van der Waals surface area contributed by atoms with E-state index in [0.717, 1.165) is 59.1 Å². The first-order chi connectivity index (χ1) is 34.0. The molecule has 62 heavy (non-hydrogen) atoms. The van der Waals surface area contributed by atoms with Gasteiger partial charge in [-0.1, -0.05) is 23.2 Å². The van der Waals surface area contributed by atoms with Crippen molar-refractivity contribution in [3.05, 3.63) is 106 Å². The summed E-state index contributed by atoms with van der Waals surface area (Å²) in [5.41, 5.74) is 0.474. The van der Waals surface area contributed by atoms with Gasteiger partial charge in [0.1, 0.15) is 33.7 Å². The molecule has 0 radical (unpaired) electrons. The van der Waals surface area contributed by atoms with Gasteiger partial charge in [0.15, 0.2) is 0 Å². The van der Waals surface area contributed by atoms with Crippen molar-refractivity contribution in [3.8, 4) is 21.1 Å². The summed E-state index contributed by atoms with van der Waals surface area (Å²) < 4.78 is 185. The number of halogens is 4. The predicted octanol–water partition coefficient (Wildman–Crippen LogP) is 5.11. The van der Waals surface area contributed by atoms with Crippen LogP contribution in [0.25, 0.3) is 21.1 Å². The van der Waals surface area contributed by atoms with Crippen molar-refractivity contribution >= 4 is 89.5 Å². The number of rotatable bonds is 8. The summed E-state index contributed by atoms with van der Waals surface area (Å²) in [5.74, 6) is -4.81. The summed E-state index contributed by atoms with van der Waals surface area (Å²) in [6, 6.07) is -6.54. The quantitative estimate of drug-likeness (QED) is 0.158. The van der Waals surface area contributed by atoms with Gasteiger partial charge in [0.2, 0.25) is 11.8 Å². The Morgan fingerprint density at radius 2 is 1.16 bits per heavy atom. The smallest absolute Gasteiger partial charge is 0.280 e. The van der Waals surface area contributed by atoms with E-state index >= 15 is 0 Å². The molecule has 6 heterocycles. The number of thiazole rings is 2. The summed E-state index contributed by atoms with van der Waals surface area (Å²) in [5, 5.41) is 2.77. The number of aromatic nitrogens is 6. The zero-order valence-electron chi connectivity index (χ0n) is 43.3. The number of imidazole rings is 2. The first-order valence-electron chi connectivity index (χ1n) is 23.1. The number of carbonyl (C=O) groups excluding carboxylic acids is 2. The van der Waals surface area contributed by atoms with Crippen LogP contribution >= 0.6 is 45.9 Å². The highest BCUT2D eigenvalue weighted by Crippen LogP contribution is 2.36. The number of nitrogens with one attached hydrogen (secondary N) is 4. The minimum absolute atomic E-state index is 0.195. The van der Waals surface area contributed by atoms with E-state index in [-0.39, 0.29) is 21.4 Å². The van der Waals surface area contributed by atoms with Crippen LogP contribution < -0.4 is 20.1 Å². The molecule has 2 aromatic carbocycles. The molecule has 2 unspecified atom stereocenters. The molecule has 0 spiro atoms. The molecule has 26 heteroatoms. The van der Waals surface area contributed by atoms with E-state index in [1.54, 1.807) is 35.6 Å². The maximum Gasteiger partial charge on any atom is 0.280 e. The lowest BCUT2D eigenvalue weighted by Crippen LogP contribution is -2.55. The predicted molar refractivity (Wildman–Crippen MR) is 231 cm³/mol.